The van der Waals surface area contributed by atoms with Crippen molar-refractivity contribution in [3.63, 3.8) is 0 Å². The Morgan fingerprint density at radius 2 is 1.73 bits per heavy atom. The van der Waals surface area contributed by atoms with Crippen molar-refractivity contribution in [1.29, 1.82) is 0 Å². The van der Waals surface area contributed by atoms with Gasteiger partial charge in [0.05, 0.1) is 7.11 Å². The molecule has 0 aromatic heterocycles. The smallest absolute Gasteiger partial charge is 0.410 e. The largest absolute Gasteiger partial charge is 0.453 e. The Bertz CT molecular complexity index is 425. The van der Waals surface area contributed by atoms with Gasteiger partial charge in [0.2, 0.25) is 5.91 Å². The SMILES string of the molecule is COC(=O)N1CCC[C@@H]1C(=O)N1CCCN(C2CCC2)CC1. The predicted octanol–water partition coefficient (Wildman–Crippen LogP) is 1.30. The van der Waals surface area contributed by atoms with E-state index >= 15 is 0 Å². The predicted molar refractivity (Wildman–Crippen MR) is 82.5 cm³/mol. The lowest BCUT2D eigenvalue weighted by molar-refractivity contribution is -0.135. The third-order valence-electron chi connectivity index (χ3n) is 5.38. The minimum atomic E-state index is -0.373. The summed E-state index contributed by atoms with van der Waals surface area (Å²) < 4.78 is 4.81. The summed E-state index contributed by atoms with van der Waals surface area (Å²) in [6.45, 7) is 4.31. The molecular formula is C16H27N3O3. The molecule has 0 spiro atoms. The molecule has 1 aliphatic carbocycles. The number of rotatable bonds is 2. The summed E-state index contributed by atoms with van der Waals surface area (Å²) in [5.74, 6) is 0.110. The first-order valence-electron chi connectivity index (χ1n) is 8.58. The van der Waals surface area contributed by atoms with Crippen LogP contribution in [0.2, 0.25) is 0 Å². The number of amides is 2. The second-order valence-electron chi connectivity index (χ2n) is 6.62. The van der Waals surface area contributed by atoms with E-state index in [1.165, 1.54) is 26.4 Å². The molecule has 0 aromatic rings. The summed E-state index contributed by atoms with van der Waals surface area (Å²) in [7, 11) is 1.38. The lowest BCUT2D eigenvalue weighted by Crippen LogP contribution is -2.49. The standard InChI is InChI=1S/C16H27N3O3/c1-22-16(21)19-10-3-7-14(19)15(20)18-9-4-8-17(11-12-18)13-5-2-6-13/h13-14H,2-12H2,1H3/t14-/m1/s1. The highest BCUT2D eigenvalue weighted by Crippen LogP contribution is 2.26. The molecule has 0 N–H and O–H groups in total. The first-order valence-corrected chi connectivity index (χ1v) is 8.58. The highest BCUT2D eigenvalue weighted by atomic mass is 16.5. The first-order chi connectivity index (χ1) is 10.7. The maximum Gasteiger partial charge on any atom is 0.410 e. The molecule has 0 bridgehead atoms. The van der Waals surface area contributed by atoms with Gasteiger partial charge in [-0.25, -0.2) is 4.79 Å². The van der Waals surface area contributed by atoms with E-state index in [-0.39, 0.29) is 18.0 Å². The molecular weight excluding hydrogens is 282 g/mol. The van der Waals surface area contributed by atoms with Crippen LogP contribution < -0.4 is 0 Å². The van der Waals surface area contributed by atoms with Crippen LogP contribution in [0.15, 0.2) is 0 Å². The number of carbonyl (C=O) groups excluding carboxylic acids is 2. The van der Waals surface area contributed by atoms with Gasteiger partial charge in [0.1, 0.15) is 6.04 Å². The Hall–Kier alpha value is -1.30. The number of likely N-dealkylation sites (tertiary alicyclic amines) is 1. The van der Waals surface area contributed by atoms with E-state index in [4.69, 9.17) is 4.74 Å². The molecule has 6 heteroatoms. The van der Waals surface area contributed by atoms with Crippen molar-refractivity contribution in [2.75, 3.05) is 39.8 Å². The molecule has 124 valence electrons. The average molecular weight is 309 g/mol. The summed E-state index contributed by atoms with van der Waals surface area (Å²) in [6, 6.07) is 0.427. The lowest BCUT2D eigenvalue weighted by atomic mass is 9.91. The van der Waals surface area contributed by atoms with Gasteiger partial charge in [-0.05, 0) is 32.1 Å². The van der Waals surface area contributed by atoms with Crippen LogP contribution in [0.3, 0.4) is 0 Å². The molecule has 1 saturated carbocycles. The van der Waals surface area contributed by atoms with E-state index in [2.05, 4.69) is 4.90 Å². The second kappa shape index (κ2) is 6.86. The normalized spacial score (nSPS) is 27.4. The summed E-state index contributed by atoms with van der Waals surface area (Å²) in [6.07, 6.45) is 6.28. The number of nitrogens with zero attached hydrogens (tertiary/aromatic N) is 3. The fourth-order valence-corrected chi connectivity index (χ4v) is 3.84. The van der Waals surface area contributed by atoms with Crippen LogP contribution in [0.25, 0.3) is 0 Å². The minimum absolute atomic E-state index is 0.110. The van der Waals surface area contributed by atoms with E-state index < -0.39 is 0 Å². The molecule has 6 nitrogen and oxygen atoms in total. The zero-order valence-corrected chi connectivity index (χ0v) is 13.5. The molecule has 1 atom stereocenters. The molecule has 3 rings (SSSR count). The van der Waals surface area contributed by atoms with Gasteiger partial charge >= 0.3 is 6.09 Å². The van der Waals surface area contributed by atoms with E-state index in [1.54, 1.807) is 4.90 Å². The minimum Gasteiger partial charge on any atom is -0.453 e. The van der Waals surface area contributed by atoms with Crippen molar-refractivity contribution in [3.05, 3.63) is 0 Å². The molecule has 3 fully saturated rings. The van der Waals surface area contributed by atoms with Crippen LogP contribution in [0.1, 0.15) is 38.5 Å². The fourth-order valence-electron chi connectivity index (χ4n) is 3.84. The first kappa shape index (κ1) is 15.6. The number of carbonyl (C=O) groups is 2. The summed E-state index contributed by atoms with van der Waals surface area (Å²) in [5, 5.41) is 0. The number of hydrogen-bond acceptors (Lipinski definition) is 4. The van der Waals surface area contributed by atoms with Crippen molar-refractivity contribution < 1.29 is 14.3 Å². The molecule has 2 aliphatic heterocycles. The van der Waals surface area contributed by atoms with Crippen LogP contribution in [-0.2, 0) is 9.53 Å². The topological polar surface area (TPSA) is 53.1 Å². The Labute approximate surface area is 132 Å². The van der Waals surface area contributed by atoms with E-state index in [0.717, 1.165) is 51.5 Å². The fraction of sp³-hybridized carbons (Fsp3) is 0.875. The van der Waals surface area contributed by atoms with Crippen LogP contribution >= 0.6 is 0 Å². The van der Waals surface area contributed by atoms with Gasteiger partial charge in [-0.15, -0.1) is 0 Å². The van der Waals surface area contributed by atoms with E-state index in [0.29, 0.717) is 6.54 Å². The maximum atomic E-state index is 12.8. The van der Waals surface area contributed by atoms with Crippen molar-refractivity contribution in [1.82, 2.24) is 14.7 Å². The maximum absolute atomic E-state index is 12.8. The summed E-state index contributed by atoms with van der Waals surface area (Å²) in [5.41, 5.74) is 0. The van der Waals surface area contributed by atoms with Crippen molar-refractivity contribution in [2.24, 2.45) is 0 Å². The number of ether oxygens (including phenoxy) is 1. The molecule has 2 saturated heterocycles. The van der Waals surface area contributed by atoms with Crippen LogP contribution in [0.4, 0.5) is 4.79 Å². The molecule has 0 radical (unpaired) electrons. The molecule has 2 heterocycles. The van der Waals surface area contributed by atoms with Crippen molar-refractivity contribution >= 4 is 12.0 Å². The van der Waals surface area contributed by atoms with Gasteiger partial charge in [-0.3, -0.25) is 14.6 Å². The van der Waals surface area contributed by atoms with Crippen molar-refractivity contribution in [3.8, 4) is 0 Å². The second-order valence-corrected chi connectivity index (χ2v) is 6.62. The Kier molecular flexibility index (Phi) is 4.86. The summed E-state index contributed by atoms with van der Waals surface area (Å²) in [4.78, 5) is 30.7. The van der Waals surface area contributed by atoms with Gasteiger partial charge in [0.25, 0.3) is 0 Å². The monoisotopic (exact) mass is 309 g/mol. The van der Waals surface area contributed by atoms with Crippen molar-refractivity contribution in [2.45, 2.75) is 50.6 Å². The number of methoxy groups -OCH3 is 1. The van der Waals surface area contributed by atoms with Gasteiger partial charge < -0.3 is 9.64 Å². The Morgan fingerprint density at radius 1 is 0.909 bits per heavy atom. The zero-order chi connectivity index (χ0) is 15.5. The molecule has 2 amide bonds. The third-order valence-corrected chi connectivity index (χ3v) is 5.38. The summed E-state index contributed by atoms with van der Waals surface area (Å²) >= 11 is 0. The van der Waals surface area contributed by atoms with Gasteiger partial charge in [-0.1, -0.05) is 6.42 Å². The quantitative estimate of drug-likeness (QED) is 0.771. The van der Waals surface area contributed by atoms with Gasteiger partial charge in [0.15, 0.2) is 0 Å². The molecule has 0 aromatic carbocycles. The highest BCUT2D eigenvalue weighted by Gasteiger charge is 2.38. The van der Waals surface area contributed by atoms with Gasteiger partial charge in [-0.2, -0.15) is 0 Å². The Morgan fingerprint density at radius 3 is 2.41 bits per heavy atom. The van der Waals surface area contributed by atoms with E-state index in [9.17, 15) is 9.59 Å². The molecule has 3 aliphatic rings. The lowest BCUT2D eigenvalue weighted by Gasteiger charge is -2.36. The Balaban J connectivity index is 1.58. The highest BCUT2D eigenvalue weighted by molar-refractivity contribution is 5.86. The molecule has 22 heavy (non-hydrogen) atoms. The molecule has 0 unspecified atom stereocenters. The van der Waals surface area contributed by atoms with Crippen LogP contribution in [-0.4, -0.2) is 78.6 Å². The van der Waals surface area contributed by atoms with Crippen LogP contribution in [0.5, 0.6) is 0 Å². The third kappa shape index (κ3) is 3.07. The van der Waals surface area contributed by atoms with Crippen LogP contribution in [0, 0.1) is 0 Å². The number of hydrogen-bond donors (Lipinski definition) is 0. The zero-order valence-electron chi connectivity index (χ0n) is 13.5. The van der Waals surface area contributed by atoms with Gasteiger partial charge in [0, 0.05) is 38.8 Å². The van der Waals surface area contributed by atoms with E-state index in [1.807, 2.05) is 4.90 Å². The average Bonchev–Trinajstić information content (AvgIpc) is 2.84.